The minimum Gasteiger partial charge on any atom is -0.207 e. The molecule has 0 N–H and O–H groups in total. The van der Waals surface area contributed by atoms with Gasteiger partial charge in [0, 0.05) is 0 Å². The van der Waals surface area contributed by atoms with Crippen molar-refractivity contribution in [2.24, 2.45) is 0 Å². The fourth-order valence-electron chi connectivity index (χ4n) is 1.36. The SMILES string of the molecule is Cc1cc(F)c(C(C)(C)C)cc1C. The molecule has 0 fully saturated rings. The van der Waals surface area contributed by atoms with Crippen molar-refractivity contribution < 1.29 is 4.39 Å². The maximum Gasteiger partial charge on any atom is 0.127 e. The Morgan fingerprint density at radius 2 is 1.46 bits per heavy atom. The highest BCUT2D eigenvalue weighted by Gasteiger charge is 2.18. The van der Waals surface area contributed by atoms with Crippen LogP contribution in [0.4, 0.5) is 4.39 Å². The molecule has 0 radical (unpaired) electrons. The van der Waals surface area contributed by atoms with Crippen LogP contribution < -0.4 is 0 Å². The largest absolute Gasteiger partial charge is 0.207 e. The van der Waals surface area contributed by atoms with Crippen LogP contribution in [0.1, 0.15) is 37.5 Å². The zero-order valence-corrected chi connectivity index (χ0v) is 9.03. The van der Waals surface area contributed by atoms with Gasteiger partial charge in [-0.2, -0.15) is 0 Å². The third kappa shape index (κ3) is 2.09. The zero-order valence-electron chi connectivity index (χ0n) is 9.03. The third-order valence-corrected chi connectivity index (χ3v) is 2.39. The van der Waals surface area contributed by atoms with Crippen LogP contribution in [-0.2, 0) is 5.41 Å². The van der Waals surface area contributed by atoms with Gasteiger partial charge in [-0.05, 0) is 42.0 Å². The van der Waals surface area contributed by atoms with E-state index in [1.807, 2.05) is 40.7 Å². The average molecular weight is 180 g/mol. The Bertz CT molecular complexity index is 319. The van der Waals surface area contributed by atoms with Crippen LogP contribution in [0.5, 0.6) is 0 Å². The van der Waals surface area contributed by atoms with Gasteiger partial charge in [-0.1, -0.05) is 26.8 Å². The Morgan fingerprint density at radius 3 is 1.92 bits per heavy atom. The highest BCUT2D eigenvalue weighted by Crippen LogP contribution is 2.27. The molecule has 0 spiro atoms. The van der Waals surface area contributed by atoms with Gasteiger partial charge >= 0.3 is 0 Å². The van der Waals surface area contributed by atoms with Gasteiger partial charge in [-0.15, -0.1) is 0 Å². The molecule has 0 amide bonds. The van der Waals surface area contributed by atoms with Gasteiger partial charge in [0.25, 0.3) is 0 Å². The summed E-state index contributed by atoms with van der Waals surface area (Å²) in [7, 11) is 0. The standard InChI is InChI=1S/C12H17F/c1-8-6-10(12(3,4)5)11(13)7-9(8)2/h6-7H,1-5H3. The van der Waals surface area contributed by atoms with Crippen LogP contribution >= 0.6 is 0 Å². The molecule has 0 atom stereocenters. The van der Waals surface area contributed by atoms with Crippen molar-refractivity contribution in [3.05, 3.63) is 34.6 Å². The average Bonchev–Trinajstić information content (AvgIpc) is 1.94. The maximum atomic E-state index is 13.5. The minimum atomic E-state index is -0.109. The topological polar surface area (TPSA) is 0 Å². The summed E-state index contributed by atoms with van der Waals surface area (Å²) in [4.78, 5) is 0. The van der Waals surface area contributed by atoms with Crippen LogP contribution in [-0.4, -0.2) is 0 Å². The second-order valence-corrected chi connectivity index (χ2v) is 4.67. The molecule has 72 valence electrons. The Morgan fingerprint density at radius 1 is 1.00 bits per heavy atom. The van der Waals surface area contributed by atoms with Crippen LogP contribution in [0.15, 0.2) is 12.1 Å². The van der Waals surface area contributed by atoms with E-state index < -0.39 is 0 Å². The Kier molecular flexibility index (Phi) is 2.47. The lowest BCUT2D eigenvalue weighted by molar-refractivity contribution is 0.521. The summed E-state index contributed by atoms with van der Waals surface area (Å²) >= 11 is 0. The number of aryl methyl sites for hydroxylation is 2. The van der Waals surface area contributed by atoms with Crippen LogP contribution in [0.25, 0.3) is 0 Å². The summed E-state index contributed by atoms with van der Waals surface area (Å²) in [6.45, 7) is 10.0. The van der Waals surface area contributed by atoms with Crippen molar-refractivity contribution in [1.82, 2.24) is 0 Å². The molecule has 0 unspecified atom stereocenters. The van der Waals surface area contributed by atoms with Gasteiger partial charge in [0.2, 0.25) is 0 Å². The van der Waals surface area contributed by atoms with E-state index in [9.17, 15) is 4.39 Å². The van der Waals surface area contributed by atoms with Gasteiger partial charge in [0.05, 0.1) is 0 Å². The van der Waals surface area contributed by atoms with Gasteiger partial charge in [0.1, 0.15) is 5.82 Å². The second-order valence-electron chi connectivity index (χ2n) is 4.67. The van der Waals surface area contributed by atoms with E-state index in [0.29, 0.717) is 0 Å². The monoisotopic (exact) mass is 180 g/mol. The fourth-order valence-corrected chi connectivity index (χ4v) is 1.36. The first-order valence-corrected chi connectivity index (χ1v) is 4.59. The molecular weight excluding hydrogens is 163 g/mol. The lowest BCUT2D eigenvalue weighted by Crippen LogP contribution is -2.14. The Balaban J connectivity index is 3.32. The highest BCUT2D eigenvalue weighted by molar-refractivity contribution is 5.34. The van der Waals surface area contributed by atoms with Gasteiger partial charge in [-0.3, -0.25) is 0 Å². The van der Waals surface area contributed by atoms with E-state index in [4.69, 9.17) is 0 Å². The van der Waals surface area contributed by atoms with Crippen LogP contribution in [0.3, 0.4) is 0 Å². The summed E-state index contributed by atoms with van der Waals surface area (Å²) in [6, 6.07) is 3.57. The molecular formula is C12H17F. The number of hydrogen-bond acceptors (Lipinski definition) is 0. The van der Waals surface area contributed by atoms with Crippen molar-refractivity contribution in [3.8, 4) is 0 Å². The first-order valence-electron chi connectivity index (χ1n) is 4.59. The summed E-state index contributed by atoms with van der Waals surface area (Å²) in [5.41, 5.74) is 2.87. The quantitative estimate of drug-likeness (QED) is 0.570. The lowest BCUT2D eigenvalue weighted by Gasteiger charge is -2.21. The van der Waals surface area contributed by atoms with Crippen molar-refractivity contribution >= 4 is 0 Å². The van der Waals surface area contributed by atoms with Crippen LogP contribution in [0.2, 0.25) is 0 Å². The molecule has 0 saturated carbocycles. The predicted octanol–water partition coefficient (Wildman–Crippen LogP) is 3.74. The fraction of sp³-hybridized carbons (Fsp3) is 0.500. The van der Waals surface area contributed by atoms with Gasteiger partial charge in [-0.25, -0.2) is 4.39 Å². The van der Waals surface area contributed by atoms with Gasteiger partial charge in [0.15, 0.2) is 0 Å². The summed E-state index contributed by atoms with van der Waals surface area (Å²) < 4.78 is 13.5. The molecule has 0 heterocycles. The molecule has 1 aromatic rings. The van der Waals surface area contributed by atoms with Crippen molar-refractivity contribution in [2.45, 2.75) is 40.0 Å². The molecule has 0 saturated heterocycles. The summed E-state index contributed by atoms with van der Waals surface area (Å²) in [6.07, 6.45) is 0. The van der Waals surface area contributed by atoms with Crippen molar-refractivity contribution in [3.63, 3.8) is 0 Å². The number of rotatable bonds is 0. The molecule has 0 aliphatic rings. The lowest BCUT2D eigenvalue weighted by atomic mass is 9.85. The molecule has 1 aromatic carbocycles. The van der Waals surface area contributed by atoms with E-state index in [1.54, 1.807) is 6.07 Å². The first-order chi connectivity index (χ1) is 5.82. The Hall–Kier alpha value is -0.850. The second kappa shape index (κ2) is 3.13. The highest BCUT2D eigenvalue weighted by atomic mass is 19.1. The molecule has 13 heavy (non-hydrogen) atoms. The summed E-state index contributed by atoms with van der Waals surface area (Å²) in [5.74, 6) is -0.0874. The number of halogens is 1. The van der Waals surface area contributed by atoms with E-state index >= 15 is 0 Å². The molecule has 1 rings (SSSR count). The number of benzene rings is 1. The van der Waals surface area contributed by atoms with E-state index in [-0.39, 0.29) is 11.2 Å². The van der Waals surface area contributed by atoms with Crippen LogP contribution in [0, 0.1) is 19.7 Å². The van der Waals surface area contributed by atoms with E-state index in [0.717, 1.165) is 16.7 Å². The molecule has 0 aliphatic heterocycles. The van der Waals surface area contributed by atoms with E-state index in [2.05, 4.69) is 0 Å². The van der Waals surface area contributed by atoms with Crippen molar-refractivity contribution in [1.29, 1.82) is 0 Å². The molecule has 1 heteroatoms. The van der Waals surface area contributed by atoms with Gasteiger partial charge < -0.3 is 0 Å². The Labute approximate surface area is 79.8 Å². The predicted molar refractivity (Wildman–Crippen MR) is 54.6 cm³/mol. The normalized spacial score (nSPS) is 11.8. The first kappa shape index (κ1) is 10.2. The molecule has 0 bridgehead atoms. The smallest absolute Gasteiger partial charge is 0.127 e. The molecule has 0 aromatic heterocycles. The number of hydrogen-bond donors (Lipinski definition) is 0. The summed E-state index contributed by atoms with van der Waals surface area (Å²) in [5, 5.41) is 0. The van der Waals surface area contributed by atoms with E-state index in [1.165, 1.54) is 0 Å². The third-order valence-electron chi connectivity index (χ3n) is 2.39. The molecule has 0 nitrogen and oxygen atoms in total. The molecule has 0 aliphatic carbocycles. The van der Waals surface area contributed by atoms with Crippen molar-refractivity contribution in [2.75, 3.05) is 0 Å². The maximum absolute atomic E-state index is 13.5. The minimum absolute atomic E-state index is 0.0874. The zero-order chi connectivity index (χ0) is 10.2.